The number of carbonyl (C=O) groups is 1. The molecule has 11 heteroatoms. The number of carbonyl (C=O) groups excluding carboxylic acids is 1. The van der Waals surface area contributed by atoms with E-state index in [0.717, 1.165) is 12.1 Å². The third kappa shape index (κ3) is 5.09. The Labute approximate surface area is 184 Å². The van der Waals surface area contributed by atoms with Gasteiger partial charge in [0.25, 0.3) is 11.7 Å². The summed E-state index contributed by atoms with van der Waals surface area (Å²) in [6.07, 6.45) is -3.62. The molecule has 2 aliphatic rings. The number of nitrogens with zero attached hydrogens (tertiary/aromatic N) is 1. The number of ether oxygens (including phenoxy) is 2. The number of fused-ring (bicyclic) bond motifs is 1. The van der Waals surface area contributed by atoms with Crippen molar-refractivity contribution < 1.29 is 31.8 Å². The summed E-state index contributed by atoms with van der Waals surface area (Å²) in [6, 6.07) is 4.48. The summed E-state index contributed by atoms with van der Waals surface area (Å²) in [5.41, 5.74) is -1.63. The lowest BCUT2D eigenvalue weighted by Gasteiger charge is -2.34. The minimum atomic E-state index is -2.75. The van der Waals surface area contributed by atoms with Crippen molar-refractivity contribution >= 4 is 31.2 Å². The van der Waals surface area contributed by atoms with E-state index in [1.165, 1.54) is 19.1 Å². The fourth-order valence-corrected chi connectivity index (χ4v) is 5.79. The van der Waals surface area contributed by atoms with Gasteiger partial charge in [-0.25, -0.2) is 27.3 Å². The molecule has 1 saturated carbocycles. The maximum atomic E-state index is 14.5. The molecule has 3 rings (SSSR count). The van der Waals surface area contributed by atoms with Crippen LogP contribution >= 0.6 is 11.8 Å². The van der Waals surface area contributed by atoms with Gasteiger partial charge in [-0.3, -0.25) is 5.32 Å². The molecule has 172 valence electrons. The highest BCUT2D eigenvalue weighted by Gasteiger charge is 2.72. The van der Waals surface area contributed by atoms with E-state index < -0.39 is 48.4 Å². The molecular formula is C20H26F4N2O3SSi. The molecule has 1 aliphatic heterocycles. The number of nitrogens with one attached hydrogen (secondary N) is 1. The van der Waals surface area contributed by atoms with Crippen molar-refractivity contribution in [3.05, 3.63) is 35.4 Å². The Hall–Kier alpha value is -1.59. The van der Waals surface area contributed by atoms with Crippen LogP contribution in [0.15, 0.2) is 23.2 Å². The van der Waals surface area contributed by atoms with E-state index in [1.807, 2.05) is 0 Å². The maximum Gasteiger partial charge on any atom is 0.416 e. The summed E-state index contributed by atoms with van der Waals surface area (Å²) in [6.45, 7) is 8.43. The predicted octanol–water partition coefficient (Wildman–Crippen LogP) is 5.35. The highest BCUT2D eigenvalue weighted by Crippen LogP contribution is 2.68. The number of thioether (sulfide) groups is 1. The van der Waals surface area contributed by atoms with Crippen LogP contribution in [0.25, 0.3) is 0 Å². The van der Waals surface area contributed by atoms with E-state index in [4.69, 9.17) is 9.47 Å². The molecule has 1 aromatic rings. The SMILES string of the molecule is C[C@]1(c2cccc(F)c2F)N=C(OC(=O)NCOCC[Si](C)(C)C)S[C@@]2(C(F)F)C[C@@H]12. The fraction of sp³-hybridized carbons (Fsp3) is 0.600. The van der Waals surface area contributed by atoms with Crippen molar-refractivity contribution in [2.24, 2.45) is 10.9 Å². The smallest absolute Gasteiger partial charge is 0.385 e. The molecule has 1 N–H and O–H groups in total. The van der Waals surface area contributed by atoms with Crippen molar-refractivity contribution in [3.63, 3.8) is 0 Å². The van der Waals surface area contributed by atoms with Gasteiger partial charge in [0.05, 0.1) is 10.3 Å². The van der Waals surface area contributed by atoms with Crippen LogP contribution in [0.5, 0.6) is 0 Å². The fourth-order valence-electron chi connectivity index (χ4n) is 3.65. The quantitative estimate of drug-likeness (QED) is 0.249. The average molecular weight is 479 g/mol. The monoisotopic (exact) mass is 478 g/mol. The highest BCUT2D eigenvalue weighted by molar-refractivity contribution is 8.15. The van der Waals surface area contributed by atoms with Crippen molar-refractivity contribution in [1.29, 1.82) is 0 Å². The third-order valence-corrected chi connectivity index (χ3v) is 8.66. The Balaban J connectivity index is 1.72. The minimum absolute atomic E-state index is 0.0412. The Morgan fingerprint density at radius 1 is 1.35 bits per heavy atom. The number of alkyl carbamates (subject to hydrolysis) is 1. The van der Waals surface area contributed by atoms with Crippen molar-refractivity contribution in [2.75, 3.05) is 13.3 Å². The van der Waals surface area contributed by atoms with Crippen molar-refractivity contribution in [2.45, 2.75) is 55.7 Å². The first-order chi connectivity index (χ1) is 14.4. The second-order valence-electron chi connectivity index (χ2n) is 9.17. The maximum absolute atomic E-state index is 14.5. The number of amides is 1. The molecule has 0 saturated heterocycles. The molecule has 0 aromatic heterocycles. The number of benzene rings is 1. The first-order valence-electron chi connectivity index (χ1n) is 9.94. The zero-order valence-electron chi connectivity index (χ0n) is 17.8. The normalized spacial score (nSPS) is 27.5. The molecule has 0 radical (unpaired) electrons. The molecule has 1 amide bonds. The van der Waals surface area contributed by atoms with Gasteiger partial charge in [0.1, 0.15) is 6.73 Å². The van der Waals surface area contributed by atoms with E-state index in [2.05, 4.69) is 30.0 Å². The molecule has 0 spiro atoms. The molecule has 0 bridgehead atoms. The Morgan fingerprint density at radius 3 is 2.71 bits per heavy atom. The van der Waals surface area contributed by atoms with Crippen LogP contribution in [0.3, 0.4) is 0 Å². The largest absolute Gasteiger partial charge is 0.416 e. The van der Waals surface area contributed by atoms with Gasteiger partial charge >= 0.3 is 6.09 Å². The van der Waals surface area contributed by atoms with Crippen LogP contribution in [-0.2, 0) is 15.0 Å². The van der Waals surface area contributed by atoms with Gasteiger partial charge in [0.2, 0.25) is 0 Å². The number of aliphatic imine (C=N–C) groups is 1. The van der Waals surface area contributed by atoms with Crippen LogP contribution < -0.4 is 5.32 Å². The van der Waals surface area contributed by atoms with Gasteiger partial charge in [-0.05, 0) is 25.5 Å². The Morgan fingerprint density at radius 2 is 2.06 bits per heavy atom. The van der Waals surface area contributed by atoms with Crippen molar-refractivity contribution in [3.8, 4) is 0 Å². The average Bonchev–Trinajstić information content (AvgIpc) is 3.40. The zero-order valence-corrected chi connectivity index (χ0v) is 19.6. The van der Waals surface area contributed by atoms with Gasteiger partial charge in [-0.15, -0.1) is 0 Å². The van der Waals surface area contributed by atoms with Crippen LogP contribution in [0.2, 0.25) is 25.7 Å². The van der Waals surface area contributed by atoms with E-state index in [-0.39, 0.29) is 23.9 Å². The summed E-state index contributed by atoms with van der Waals surface area (Å²) in [5.74, 6) is -2.96. The molecule has 0 unspecified atom stereocenters. The van der Waals surface area contributed by atoms with Crippen LogP contribution in [0.4, 0.5) is 22.4 Å². The van der Waals surface area contributed by atoms with Gasteiger partial charge in [0.15, 0.2) is 11.6 Å². The standard InChI is InChI=1S/C20H26F4N2O3SSi/c1-19(12-6-5-7-13(21)15(12)22)14-10-20(14,16(23)24)30-18(26-19)29-17(27)25-11-28-8-9-31(2,3)4/h5-7,14,16H,8-11H2,1-4H3,(H,25,27)/t14-,19+,20-/m0/s1. The summed E-state index contributed by atoms with van der Waals surface area (Å²) in [5, 5.41) is 2.08. The van der Waals surface area contributed by atoms with E-state index >= 15 is 0 Å². The molecule has 1 heterocycles. The molecule has 31 heavy (non-hydrogen) atoms. The number of rotatable bonds is 7. The van der Waals surface area contributed by atoms with Crippen LogP contribution in [0.1, 0.15) is 18.9 Å². The highest BCUT2D eigenvalue weighted by atomic mass is 32.2. The molecule has 1 fully saturated rings. The van der Waals surface area contributed by atoms with Gasteiger partial charge < -0.3 is 9.47 Å². The lowest BCUT2D eigenvalue weighted by molar-refractivity contribution is 0.117. The van der Waals surface area contributed by atoms with Gasteiger partial charge in [-0.1, -0.05) is 43.5 Å². The van der Waals surface area contributed by atoms with E-state index in [9.17, 15) is 22.4 Å². The van der Waals surface area contributed by atoms with Gasteiger partial charge in [-0.2, -0.15) is 0 Å². The van der Waals surface area contributed by atoms with Crippen molar-refractivity contribution in [1.82, 2.24) is 5.32 Å². The number of hydrogen-bond acceptors (Lipinski definition) is 5. The van der Waals surface area contributed by atoms with E-state index in [1.54, 1.807) is 0 Å². The van der Waals surface area contributed by atoms with Crippen LogP contribution in [-0.4, -0.2) is 43.9 Å². The predicted molar refractivity (Wildman–Crippen MR) is 114 cm³/mol. The molecule has 5 nitrogen and oxygen atoms in total. The molecular weight excluding hydrogens is 452 g/mol. The van der Waals surface area contributed by atoms with Gasteiger partial charge in [0, 0.05) is 26.2 Å². The second-order valence-corrected chi connectivity index (χ2v) is 16.1. The Bertz CT molecular complexity index is 882. The molecule has 1 aromatic carbocycles. The zero-order chi connectivity index (χ0) is 23.0. The number of alkyl halides is 2. The van der Waals surface area contributed by atoms with E-state index in [0.29, 0.717) is 18.4 Å². The number of halogens is 4. The first kappa shape index (κ1) is 24.1. The summed E-state index contributed by atoms with van der Waals surface area (Å²) >= 11 is 0.664. The molecule has 1 aliphatic carbocycles. The third-order valence-electron chi connectivity index (χ3n) is 5.59. The molecule has 3 atom stereocenters. The lowest BCUT2D eigenvalue weighted by Crippen LogP contribution is -2.39. The first-order valence-corrected chi connectivity index (χ1v) is 14.5. The summed E-state index contributed by atoms with van der Waals surface area (Å²) in [4.78, 5) is 16.4. The second kappa shape index (κ2) is 8.74. The van der Waals surface area contributed by atoms with Crippen LogP contribution in [0, 0.1) is 17.6 Å². The topological polar surface area (TPSA) is 59.9 Å². The Kier molecular flexibility index (Phi) is 6.78. The lowest BCUT2D eigenvalue weighted by atomic mass is 9.85. The summed E-state index contributed by atoms with van der Waals surface area (Å²) < 4.78 is 65.0. The number of hydrogen-bond donors (Lipinski definition) is 1. The minimum Gasteiger partial charge on any atom is -0.385 e. The summed E-state index contributed by atoms with van der Waals surface area (Å²) in [7, 11) is -1.27.